The molecule has 0 amide bonds. The molecule has 8 heavy (non-hydrogen) atoms. The van der Waals surface area contributed by atoms with E-state index in [0.717, 1.165) is 0 Å². The van der Waals surface area contributed by atoms with Gasteiger partial charge in [0, 0.05) is 0 Å². The Balaban J connectivity index is 3.82. The summed E-state index contributed by atoms with van der Waals surface area (Å²) in [4.78, 5) is 0. The predicted octanol–water partition coefficient (Wildman–Crippen LogP) is 0.469. The molecule has 0 spiro atoms. The van der Waals surface area contributed by atoms with E-state index < -0.39 is 5.54 Å². The zero-order chi connectivity index (χ0) is 6.62. The predicted molar refractivity (Wildman–Crippen MR) is 31.7 cm³/mol. The van der Waals surface area contributed by atoms with Crippen LogP contribution in [0.5, 0.6) is 0 Å². The Hall–Kier alpha value is -1.15. The van der Waals surface area contributed by atoms with E-state index in [1.165, 1.54) is 0 Å². The quantitative estimate of drug-likeness (QED) is 0.301. The maximum absolute atomic E-state index is 8.08. The fourth-order valence-corrected chi connectivity index (χ4v) is 0.176. The molecule has 0 radical (unpaired) electrons. The first-order chi connectivity index (χ1) is 3.62. The van der Waals surface area contributed by atoms with Crippen molar-refractivity contribution in [2.45, 2.75) is 19.4 Å². The van der Waals surface area contributed by atoms with Gasteiger partial charge in [-0.1, -0.05) is 5.92 Å². The Morgan fingerprint density at radius 1 is 1.62 bits per heavy atom. The second-order valence-electron chi connectivity index (χ2n) is 2.01. The molecule has 0 aromatic carbocycles. The van der Waals surface area contributed by atoms with Gasteiger partial charge in [0.25, 0.3) is 0 Å². The van der Waals surface area contributed by atoms with Gasteiger partial charge in [0.2, 0.25) is 0 Å². The van der Waals surface area contributed by atoms with Crippen LogP contribution in [0.2, 0.25) is 0 Å². The van der Waals surface area contributed by atoms with Crippen molar-refractivity contribution in [2.75, 3.05) is 0 Å². The van der Waals surface area contributed by atoms with Gasteiger partial charge in [0.05, 0.1) is 0 Å². The molecule has 0 aromatic rings. The topological polar surface area (TPSA) is 35.8 Å². The van der Waals surface area contributed by atoms with E-state index in [4.69, 9.17) is 11.7 Å². The molecule has 0 aliphatic rings. The largest absolute Gasteiger partial charge is 0.307 e. The first-order valence-electron chi connectivity index (χ1n) is 2.26. The zero-order valence-electron chi connectivity index (χ0n) is 5.02. The van der Waals surface area contributed by atoms with Gasteiger partial charge in [-0.25, -0.2) is 0 Å². The maximum atomic E-state index is 8.08. The number of nitrogens with one attached hydrogen (secondary N) is 1. The van der Waals surface area contributed by atoms with Gasteiger partial charge in [-0.15, -0.1) is 6.42 Å². The summed E-state index contributed by atoms with van der Waals surface area (Å²) in [5.41, 5.74) is -0.491. The molecule has 0 bridgehead atoms. The molecular weight excluding hydrogens is 100 g/mol. The highest BCUT2D eigenvalue weighted by Crippen LogP contribution is 1.95. The van der Waals surface area contributed by atoms with Crippen LogP contribution in [0, 0.1) is 23.8 Å². The van der Waals surface area contributed by atoms with Crippen LogP contribution in [-0.2, 0) is 0 Å². The summed E-state index contributed by atoms with van der Waals surface area (Å²) >= 11 is 0. The van der Waals surface area contributed by atoms with E-state index >= 15 is 0 Å². The molecule has 2 heteroatoms. The molecule has 0 heterocycles. The highest BCUT2D eigenvalue weighted by Gasteiger charge is 2.09. The first-order valence-corrected chi connectivity index (χ1v) is 2.26. The molecule has 1 N–H and O–H groups in total. The smallest absolute Gasteiger partial charge is 0.177 e. The summed E-state index contributed by atoms with van der Waals surface area (Å²) in [6.45, 7) is 3.52. The van der Waals surface area contributed by atoms with Crippen LogP contribution in [0.15, 0.2) is 0 Å². The Bertz CT molecular complexity index is 145. The lowest BCUT2D eigenvalue weighted by Crippen LogP contribution is -2.33. The molecule has 0 fully saturated rings. The van der Waals surface area contributed by atoms with E-state index in [9.17, 15) is 0 Å². The highest BCUT2D eigenvalue weighted by molar-refractivity contribution is 5.09. The van der Waals surface area contributed by atoms with Crippen molar-refractivity contribution in [3.8, 4) is 18.5 Å². The fraction of sp³-hybridized carbons (Fsp3) is 0.500. The first kappa shape index (κ1) is 6.85. The van der Waals surface area contributed by atoms with Gasteiger partial charge in [-0.2, -0.15) is 5.26 Å². The Morgan fingerprint density at radius 3 is 2.25 bits per heavy atom. The molecule has 0 aliphatic heterocycles. The third-order valence-electron chi connectivity index (χ3n) is 0.729. The normalized spacial score (nSPS) is 9.00. The molecular formula is C6H8N2. The molecule has 0 atom stereocenters. The lowest BCUT2D eigenvalue weighted by atomic mass is 10.1. The number of terminal acetylenes is 1. The monoisotopic (exact) mass is 108 g/mol. The number of hydrogen-bond acceptors (Lipinski definition) is 2. The minimum atomic E-state index is -0.491. The Morgan fingerprint density at radius 2 is 2.12 bits per heavy atom. The third kappa shape index (κ3) is 2.10. The van der Waals surface area contributed by atoms with E-state index in [0.29, 0.717) is 0 Å². The third-order valence-corrected chi connectivity index (χ3v) is 0.729. The summed E-state index contributed by atoms with van der Waals surface area (Å²) in [5.74, 6) is 2.41. The maximum Gasteiger partial charge on any atom is 0.177 e. The number of nitriles is 1. The average molecular weight is 108 g/mol. The molecule has 0 unspecified atom stereocenters. The van der Waals surface area contributed by atoms with Crippen LogP contribution in [0.3, 0.4) is 0 Å². The minimum Gasteiger partial charge on any atom is -0.307 e. The SMILES string of the molecule is C#CC(C)(C)NC#N. The second kappa shape index (κ2) is 2.23. The Labute approximate surface area is 49.5 Å². The standard InChI is InChI=1S/C6H8N2/c1-4-6(2,3)8-5-7/h1,8H,2-3H3. The number of rotatable bonds is 1. The summed E-state index contributed by atoms with van der Waals surface area (Å²) in [5, 5.41) is 10.5. The van der Waals surface area contributed by atoms with Crippen LogP contribution in [-0.4, -0.2) is 5.54 Å². The number of hydrogen-bond donors (Lipinski definition) is 1. The van der Waals surface area contributed by atoms with E-state index in [-0.39, 0.29) is 0 Å². The van der Waals surface area contributed by atoms with Crippen molar-refractivity contribution in [1.82, 2.24) is 5.32 Å². The van der Waals surface area contributed by atoms with Crippen molar-refractivity contribution >= 4 is 0 Å². The molecule has 42 valence electrons. The van der Waals surface area contributed by atoms with Crippen LogP contribution in [0.4, 0.5) is 0 Å². The van der Waals surface area contributed by atoms with Crippen molar-refractivity contribution in [3.63, 3.8) is 0 Å². The minimum absolute atomic E-state index is 0.491. The molecule has 0 saturated carbocycles. The summed E-state index contributed by atoms with van der Waals surface area (Å²) in [6, 6.07) is 0. The lowest BCUT2D eigenvalue weighted by Gasteiger charge is -2.12. The second-order valence-corrected chi connectivity index (χ2v) is 2.01. The van der Waals surface area contributed by atoms with Crippen LogP contribution in [0.25, 0.3) is 0 Å². The van der Waals surface area contributed by atoms with E-state index in [1.54, 1.807) is 20.0 Å². The van der Waals surface area contributed by atoms with Crippen molar-refractivity contribution in [2.24, 2.45) is 0 Å². The Kier molecular flexibility index (Phi) is 1.91. The fourth-order valence-electron chi connectivity index (χ4n) is 0.176. The highest BCUT2D eigenvalue weighted by atomic mass is 14.9. The summed E-state index contributed by atoms with van der Waals surface area (Å²) in [7, 11) is 0. The van der Waals surface area contributed by atoms with Crippen LogP contribution in [0.1, 0.15) is 13.8 Å². The molecule has 0 aromatic heterocycles. The molecule has 0 aliphatic carbocycles. The van der Waals surface area contributed by atoms with Gasteiger partial charge >= 0.3 is 0 Å². The molecule has 0 saturated heterocycles. The van der Waals surface area contributed by atoms with Gasteiger partial charge in [-0.05, 0) is 13.8 Å². The van der Waals surface area contributed by atoms with Gasteiger partial charge < -0.3 is 5.32 Å². The summed E-state index contributed by atoms with van der Waals surface area (Å²) < 4.78 is 0. The van der Waals surface area contributed by atoms with E-state index in [1.807, 2.05) is 0 Å². The zero-order valence-corrected chi connectivity index (χ0v) is 5.02. The van der Waals surface area contributed by atoms with Gasteiger partial charge in [-0.3, -0.25) is 0 Å². The van der Waals surface area contributed by atoms with Crippen LogP contribution < -0.4 is 5.32 Å². The van der Waals surface area contributed by atoms with Crippen LogP contribution >= 0.6 is 0 Å². The van der Waals surface area contributed by atoms with Gasteiger partial charge in [0.15, 0.2) is 6.19 Å². The van der Waals surface area contributed by atoms with Crippen molar-refractivity contribution in [1.29, 1.82) is 5.26 Å². The van der Waals surface area contributed by atoms with Crippen molar-refractivity contribution in [3.05, 3.63) is 0 Å². The van der Waals surface area contributed by atoms with Crippen molar-refractivity contribution < 1.29 is 0 Å². The molecule has 0 rings (SSSR count). The van der Waals surface area contributed by atoms with E-state index in [2.05, 4.69) is 11.2 Å². The molecule has 2 nitrogen and oxygen atoms in total. The lowest BCUT2D eigenvalue weighted by molar-refractivity contribution is 0.584. The number of nitrogens with zero attached hydrogens (tertiary/aromatic N) is 1. The summed E-state index contributed by atoms with van der Waals surface area (Å²) in [6.07, 6.45) is 6.80. The van der Waals surface area contributed by atoms with Gasteiger partial charge in [0.1, 0.15) is 5.54 Å². The average Bonchev–Trinajstić information content (AvgIpc) is 1.67.